The van der Waals surface area contributed by atoms with Crippen LogP contribution in [0.25, 0.3) is 0 Å². The van der Waals surface area contributed by atoms with Crippen LogP contribution >= 0.6 is 0 Å². The zero-order valence-corrected chi connectivity index (χ0v) is 13.4. The first-order valence-electron chi connectivity index (χ1n) is 8.26. The van der Waals surface area contributed by atoms with E-state index >= 15 is 0 Å². The van der Waals surface area contributed by atoms with Gasteiger partial charge in [-0.2, -0.15) is 0 Å². The molecule has 1 heterocycles. The number of rotatable bonds is 4. The molecule has 5 atom stereocenters. The second kappa shape index (κ2) is 5.61. The van der Waals surface area contributed by atoms with Gasteiger partial charge in [-0.15, -0.1) is 0 Å². The molecule has 0 unspecified atom stereocenters. The van der Waals surface area contributed by atoms with Crippen molar-refractivity contribution in [1.82, 2.24) is 0 Å². The molecule has 1 aromatic carbocycles. The van der Waals surface area contributed by atoms with Gasteiger partial charge in [0, 0.05) is 11.6 Å². The van der Waals surface area contributed by atoms with E-state index in [1.165, 1.54) is 0 Å². The van der Waals surface area contributed by atoms with Gasteiger partial charge in [0.2, 0.25) is 0 Å². The molecule has 3 fully saturated rings. The summed E-state index contributed by atoms with van der Waals surface area (Å²) in [5.74, 6) is -1.65. The standard InChI is InChI=1S/C18H19NO5/c1-9-2-4-11(5-3-9)19-14(20)8-23-17(21)15-10-6-12-13(7-10)24-18(22)16(12)15/h2-5,10,12-13,15-16H,6-8H2,1H3,(H,19,20)/t10-,12+,13-,15+,16+/m1/s1. The van der Waals surface area contributed by atoms with Gasteiger partial charge in [0.05, 0.1) is 11.8 Å². The number of benzene rings is 1. The van der Waals surface area contributed by atoms with E-state index in [1.807, 2.05) is 19.1 Å². The third kappa shape index (κ3) is 2.46. The smallest absolute Gasteiger partial charge is 0.310 e. The van der Waals surface area contributed by atoms with E-state index in [9.17, 15) is 14.4 Å². The molecule has 0 radical (unpaired) electrons. The van der Waals surface area contributed by atoms with Gasteiger partial charge in [-0.25, -0.2) is 0 Å². The number of anilines is 1. The van der Waals surface area contributed by atoms with E-state index in [0.717, 1.165) is 18.4 Å². The Bertz CT molecular complexity index is 696. The predicted molar refractivity (Wildman–Crippen MR) is 83.8 cm³/mol. The number of hydrogen-bond donors (Lipinski definition) is 1. The lowest BCUT2D eigenvalue weighted by Crippen LogP contribution is -2.34. The van der Waals surface area contributed by atoms with Crippen molar-refractivity contribution in [3.05, 3.63) is 29.8 Å². The van der Waals surface area contributed by atoms with Crippen molar-refractivity contribution in [3.8, 4) is 0 Å². The normalized spacial score (nSPS) is 32.5. The highest BCUT2D eigenvalue weighted by molar-refractivity contribution is 5.93. The van der Waals surface area contributed by atoms with Gasteiger partial charge in [0.25, 0.3) is 5.91 Å². The van der Waals surface area contributed by atoms with Crippen LogP contribution in [0.3, 0.4) is 0 Å². The summed E-state index contributed by atoms with van der Waals surface area (Å²) in [5, 5.41) is 2.68. The fourth-order valence-electron chi connectivity index (χ4n) is 4.39. The third-order valence-electron chi connectivity index (χ3n) is 5.44. The summed E-state index contributed by atoms with van der Waals surface area (Å²) in [5.41, 5.74) is 1.75. The summed E-state index contributed by atoms with van der Waals surface area (Å²) >= 11 is 0. The molecule has 1 saturated heterocycles. The van der Waals surface area contributed by atoms with Crippen LogP contribution in [0.1, 0.15) is 18.4 Å². The van der Waals surface area contributed by atoms with Crippen LogP contribution in [-0.4, -0.2) is 30.6 Å². The quantitative estimate of drug-likeness (QED) is 0.850. The Morgan fingerprint density at radius 3 is 2.75 bits per heavy atom. The minimum Gasteiger partial charge on any atom is -0.462 e. The van der Waals surface area contributed by atoms with Crippen molar-refractivity contribution < 1.29 is 23.9 Å². The van der Waals surface area contributed by atoms with Crippen molar-refractivity contribution in [2.45, 2.75) is 25.9 Å². The van der Waals surface area contributed by atoms with Crippen LogP contribution in [0.5, 0.6) is 0 Å². The summed E-state index contributed by atoms with van der Waals surface area (Å²) in [7, 11) is 0. The Balaban J connectivity index is 1.33. The highest BCUT2D eigenvalue weighted by atomic mass is 16.6. The van der Waals surface area contributed by atoms with Crippen LogP contribution in [-0.2, 0) is 23.9 Å². The Morgan fingerprint density at radius 1 is 1.25 bits per heavy atom. The van der Waals surface area contributed by atoms with Gasteiger partial charge in [-0.05, 0) is 37.8 Å². The summed E-state index contributed by atoms with van der Waals surface area (Å²) in [6.07, 6.45) is 1.57. The number of carbonyl (C=O) groups is 3. The lowest BCUT2D eigenvalue weighted by Gasteiger charge is -2.22. The molecule has 1 aromatic rings. The van der Waals surface area contributed by atoms with Gasteiger partial charge >= 0.3 is 11.9 Å². The molecule has 24 heavy (non-hydrogen) atoms. The molecule has 0 aromatic heterocycles. The number of nitrogens with one attached hydrogen (secondary N) is 1. The zero-order valence-electron chi connectivity index (χ0n) is 13.4. The first kappa shape index (κ1) is 15.2. The fourth-order valence-corrected chi connectivity index (χ4v) is 4.39. The summed E-state index contributed by atoms with van der Waals surface area (Å²) < 4.78 is 10.5. The van der Waals surface area contributed by atoms with E-state index in [1.54, 1.807) is 12.1 Å². The average Bonchev–Trinajstić information content (AvgIpc) is 3.16. The van der Waals surface area contributed by atoms with E-state index in [4.69, 9.17) is 9.47 Å². The van der Waals surface area contributed by atoms with Crippen molar-refractivity contribution in [2.24, 2.45) is 23.7 Å². The molecule has 126 valence electrons. The molecule has 4 rings (SSSR count). The minimum absolute atomic E-state index is 0.0126. The minimum atomic E-state index is -0.455. The number of hydrogen-bond acceptors (Lipinski definition) is 5. The van der Waals surface area contributed by atoms with Gasteiger partial charge in [-0.3, -0.25) is 14.4 Å². The number of aryl methyl sites for hydroxylation is 1. The average molecular weight is 329 g/mol. The van der Waals surface area contributed by atoms with Crippen LogP contribution < -0.4 is 5.32 Å². The second-order valence-corrected chi connectivity index (χ2v) is 6.94. The highest BCUT2D eigenvalue weighted by Gasteiger charge is 2.64. The lowest BCUT2D eigenvalue weighted by molar-refractivity contribution is -0.157. The van der Waals surface area contributed by atoms with Crippen molar-refractivity contribution in [2.75, 3.05) is 11.9 Å². The molecule has 6 nitrogen and oxygen atoms in total. The second-order valence-electron chi connectivity index (χ2n) is 6.94. The molecule has 3 aliphatic rings. The SMILES string of the molecule is Cc1ccc(NC(=O)COC(=O)[C@H]2[C@@H]3C[C@@H]4[C@@H]2C(=O)O[C@@H]4C3)cc1. The molecule has 0 spiro atoms. The van der Waals surface area contributed by atoms with Crippen molar-refractivity contribution in [1.29, 1.82) is 0 Å². The van der Waals surface area contributed by atoms with Crippen LogP contribution in [0.4, 0.5) is 5.69 Å². The molecular formula is C18H19NO5. The maximum absolute atomic E-state index is 12.4. The molecular weight excluding hydrogens is 310 g/mol. The topological polar surface area (TPSA) is 81.7 Å². The first-order chi connectivity index (χ1) is 11.5. The van der Waals surface area contributed by atoms with Crippen molar-refractivity contribution in [3.63, 3.8) is 0 Å². The van der Waals surface area contributed by atoms with E-state index in [2.05, 4.69) is 5.32 Å². The van der Waals surface area contributed by atoms with Crippen LogP contribution in [0.2, 0.25) is 0 Å². The summed E-state index contributed by atoms with van der Waals surface area (Å²) in [6, 6.07) is 7.36. The molecule has 2 bridgehead atoms. The van der Waals surface area contributed by atoms with Gasteiger partial charge in [-0.1, -0.05) is 17.7 Å². The van der Waals surface area contributed by atoms with Crippen molar-refractivity contribution >= 4 is 23.5 Å². The number of ether oxygens (including phenoxy) is 2. The van der Waals surface area contributed by atoms with Gasteiger partial charge in [0.15, 0.2) is 6.61 Å². The molecule has 1 aliphatic heterocycles. The number of esters is 2. The third-order valence-corrected chi connectivity index (χ3v) is 5.44. The number of fused-ring (bicyclic) bond motifs is 1. The number of amides is 1. The Labute approximate surface area is 139 Å². The largest absolute Gasteiger partial charge is 0.462 e. The Hall–Kier alpha value is -2.37. The predicted octanol–water partition coefficient (Wildman–Crippen LogP) is 1.67. The molecule has 2 aliphatic carbocycles. The van der Waals surface area contributed by atoms with Gasteiger partial charge < -0.3 is 14.8 Å². The van der Waals surface area contributed by atoms with E-state index in [0.29, 0.717) is 5.69 Å². The zero-order chi connectivity index (χ0) is 16.8. The molecule has 1 N–H and O–H groups in total. The molecule has 6 heteroatoms. The monoisotopic (exact) mass is 329 g/mol. The Kier molecular flexibility index (Phi) is 3.55. The molecule has 1 amide bonds. The molecule has 2 saturated carbocycles. The van der Waals surface area contributed by atoms with Gasteiger partial charge in [0.1, 0.15) is 6.10 Å². The highest BCUT2D eigenvalue weighted by Crippen LogP contribution is 2.57. The lowest BCUT2D eigenvalue weighted by atomic mass is 9.80. The fraction of sp³-hybridized carbons (Fsp3) is 0.500. The summed E-state index contributed by atoms with van der Waals surface area (Å²) in [4.78, 5) is 36.2. The Morgan fingerprint density at radius 2 is 2.00 bits per heavy atom. The van der Waals surface area contributed by atoms with E-state index < -0.39 is 11.9 Å². The maximum atomic E-state index is 12.4. The van der Waals surface area contributed by atoms with Crippen LogP contribution in [0, 0.1) is 30.6 Å². The first-order valence-corrected chi connectivity index (χ1v) is 8.26. The van der Waals surface area contributed by atoms with E-state index in [-0.39, 0.29) is 42.3 Å². The number of carbonyl (C=O) groups excluding carboxylic acids is 3. The van der Waals surface area contributed by atoms with Crippen LogP contribution in [0.15, 0.2) is 24.3 Å². The maximum Gasteiger partial charge on any atom is 0.310 e. The summed E-state index contributed by atoms with van der Waals surface area (Å²) in [6.45, 7) is 1.62.